The fourth-order valence-electron chi connectivity index (χ4n) is 2.23. The lowest BCUT2D eigenvalue weighted by molar-refractivity contribution is -0.383. The molecule has 0 spiro atoms. The van der Waals surface area contributed by atoms with Crippen LogP contribution in [0.25, 0.3) is 0 Å². The summed E-state index contributed by atoms with van der Waals surface area (Å²) in [6.07, 6.45) is 4.07. The molecule has 2 rings (SSSR count). The number of para-hydroxylation sites is 1. The predicted molar refractivity (Wildman–Crippen MR) is 91.2 cm³/mol. The molecule has 7 heteroatoms. The van der Waals surface area contributed by atoms with E-state index in [1.165, 1.54) is 6.33 Å². The molecule has 1 aromatic carbocycles. The van der Waals surface area contributed by atoms with Crippen molar-refractivity contribution in [1.82, 2.24) is 9.97 Å². The number of nitrogens with one attached hydrogen (secondary N) is 2. The Labute approximate surface area is 135 Å². The maximum Gasteiger partial charge on any atom is 0.353 e. The number of rotatable bonds is 8. The van der Waals surface area contributed by atoms with Crippen LogP contribution in [-0.4, -0.2) is 21.4 Å². The molecule has 23 heavy (non-hydrogen) atoms. The summed E-state index contributed by atoms with van der Waals surface area (Å²) < 4.78 is 0. The normalized spacial score (nSPS) is 10.3. The summed E-state index contributed by atoms with van der Waals surface area (Å²) in [5, 5.41) is 17.6. The molecule has 0 saturated carbocycles. The first kappa shape index (κ1) is 16.7. The number of aryl methyl sites for hydroxylation is 1. The number of aromatic nitrogens is 2. The summed E-state index contributed by atoms with van der Waals surface area (Å²) in [6, 6.07) is 7.69. The van der Waals surface area contributed by atoms with Crippen molar-refractivity contribution in [3.63, 3.8) is 0 Å². The van der Waals surface area contributed by atoms with Gasteiger partial charge in [0.15, 0.2) is 0 Å². The highest BCUT2D eigenvalue weighted by Crippen LogP contribution is 2.32. The summed E-state index contributed by atoms with van der Waals surface area (Å²) in [4.78, 5) is 19.1. The fourth-order valence-corrected chi connectivity index (χ4v) is 2.23. The minimum Gasteiger partial charge on any atom is -0.364 e. The van der Waals surface area contributed by atoms with Crippen LogP contribution in [0.15, 0.2) is 30.6 Å². The van der Waals surface area contributed by atoms with Crippen LogP contribution >= 0.6 is 0 Å². The van der Waals surface area contributed by atoms with Crippen molar-refractivity contribution in [2.24, 2.45) is 0 Å². The predicted octanol–water partition coefficient (Wildman–Crippen LogP) is 3.90. The molecule has 0 amide bonds. The zero-order valence-electron chi connectivity index (χ0n) is 13.4. The zero-order chi connectivity index (χ0) is 16.7. The molecule has 7 nitrogen and oxygen atoms in total. The Balaban J connectivity index is 2.34. The van der Waals surface area contributed by atoms with Gasteiger partial charge in [0, 0.05) is 12.2 Å². The molecule has 1 heterocycles. The smallest absolute Gasteiger partial charge is 0.353 e. The Morgan fingerprint density at radius 1 is 1.17 bits per heavy atom. The molecule has 0 atom stereocenters. The first-order valence-corrected chi connectivity index (χ1v) is 7.75. The van der Waals surface area contributed by atoms with Gasteiger partial charge in [0.25, 0.3) is 0 Å². The van der Waals surface area contributed by atoms with Crippen molar-refractivity contribution in [1.29, 1.82) is 0 Å². The number of unbranched alkanes of at least 4 members (excludes halogenated alkanes) is 1. The Morgan fingerprint density at radius 3 is 2.61 bits per heavy atom. The number of nitro groups is 1. The summed E-state index contributed by atoms with van der Waals surface area (Å²) in [7, 11) is 0. The van der Waals surface area contributed by atoms with Crippen LogP contribution in [0.1, 0.15) is 32.3 Å². The average Bonchev–Trinajstić information content (AvgIpc) is 2.55. The lowest BCUT2D eigenvalue weighted by atomic mass is 10.1. The van der Waals surface area contributed by atoms with E-state index in [1.54, 1.807) is 0 Å². The van der Waals surface area contributed by atoms with Crippen molar-refractivity contribution in [3.05, 3.63) is 46.3 Å². The monoisotopic (exact) mass is 315 g/mol. The molecule has 1 aromatic heterocycles. The number of anilines is 3. The third-order valence-electron chi connectivity index (χ3n) is 3.48. The van der Waals surface area contributed by atoms with E-state index in [4.69, 9.17) is 0 Å². The second-order valence-corrected chi connectivity index (χ2v) is 5.09. The van der Waals surface area contributed by atoms with Crippen molar-refractivity contribution >= 4 is 23.0 Å². The SMILES string of the molecule is CCCCNc1ncnc(Nc2ccccc2CC)c1[N+](=O)[O-]. The first-order chi connectivity index (χ1) is 11.2. The quantitative estimate of drug-likeness (QED) is 0.436. The molecule has 0 saturated heterocycles. The van der Waals surface area contributed by atoms with Gasteiger partial charge in [-0.05, 0) is 24.5 Å². The van der Waals surface area contributed by atoms with Crippen LogP contribution in [-0.2, 0) is 6.42 Å². The highest BCUT2D eigenvalue weighted by molar-refractivity contribution is 5.74. The third-order valence-corrected chi connectivity index (χ3v) is 3.48. The highest BCUT2D eigenvalue weighted by atomic mass is 16.6. The molecule has 0 bridgehead atoms. The Kier molecular flexibility index (Phi) is 5.85. The van der Waals surface area contributed by atoms with Crippen LogP contribution in [0.4, 0.5) is 23.0 Å². The molecule has 0 aliphatic heterocycles. The van der Waals surface area contributed by atoms with Gasteiger partial charge in [-0.2, -0.15) is 0 Å². The molecular weight excluding hydrogens is 294 g/mol. The Bertz CT molecular complexity index is 675. The second kappa shape index (κ2) is 8.07. The number of hydrogen-bond acceptors (Lipinski definition) is 6. The molecule has 0 unspecified atom stereocenters. The van der Waals surface area contributed by atoms with Crippen LogP contribution in [0.3, 0.4) is 0 Å². The van der Waals surface area contributed by atoms with Gasteiger partial charge in [0.05, 0.1) is 4.92 Å². The minimum atomic E-state index is -0.453. The molecule has 0 radical (unpaired) electrons. The molecular formula is C16H21N5O2. The van der Waals surface area contributed by atoms with Crippen LogP contribution in [0, 0.1) is 10.1 Å². The van der Waals surface area contributed by atoms with Crippen LogP contribution in [0.2, 0.25) is 0 Å². The van der Waals surface area contributed by atoms with Crippen molar-refractivity contribution in [2.45, 2.75) is 33.1 Å². The average molecular weight is 315 g/mol. The van der Waals surface area contributed by atoms with Gasteiger partial charge in [0.2, 0.25) is 11.6 Å². The zero-order valence-corrected chi connectivity index (χ0v) is 13.4. The summed E-state index contributed by atoms with van der Waals surface area (Å²) in [6.45, 7) is 4.73. The van der Waals surface area contributed by atoms with E-state index in [1.807, 2.05) is 31.2 Å². The van der Waals surface area contributed by atoms with Gasteiger partial charge in [-0.15, -0.1) is 0 Å². The van der Waals surface area contributed by atoms with Gasteiger partial charge in [0.1, 0.15) is 6.33 Å². The number of nitrogens with zero attached hydrogens (tertiary/aromatic N) is 3. The minimum absolute atomic E-state index is 0.130. The van der Waals surface area contributed by atoms with E-state index in [0.717, 1.165) is 30.5 Å². The largest absolute Gasteiger partial charge is 0.364 e. The maximum atomic E-state index is 11.5. The molecule has 2 N–H and O–H groups in total. The summed E-state index contributed by atoms with van der Waals surface area (Å²) in [5.41, 5.74) is 1.76. The first-order valence-electron chi connectivity index (χ1n) is 7.75. The number of hydrogen-bond donors (Lipinski definition) is 2. The van der Waals surface area contributed by atoms with Gasteiger partial charge < -0.3 is 10.6 Å². The van der Waals surface area contributed by atoms with Crippen molar-refractivity contribution < 1.29 is 4.92 Å². The van der Waals surface area contributed by atoms with E-state index in [9.17, 15) is 10.1 Å². The molecule has 0 fully saturated rings. The Hall–Kier alpha value is -2.70. The van der Waals surface area contributed by atoms with Gasteiger partial charge >= 0.3 is 5.69 Å². The molecule has 122 valence electrons. The molecule has 0 aliphatic rings. The van der Waals surface area contributed by atoms with Crippen molar-refractivity contribution in [3.8, 4) is 0 Å². The summed E-state index contributed by atoms with van der Waals surface area (Å²) >= 11 is 0. The van der Waals surface area contributed by atoms with E-state index in [0.29, 0.717) is 6.54 Å². The third kappa shape index (κ3) is 4.15. The van der Waals surface area contributed by atoms with Crippen LogP contribution < -0.4 is 10.6 Å². The van der Waals surface area contributed by atoms with Gasteiger partial charge in [-0.3, -0.25) is 10.1 Å². The van der Waals surface area contributed by atoms with Crippen molar-refractivity contribution in [2.75, 3.05) is 17.2 Å². The molecule has 0 aliphatic carbocycles. The lowest BCUT2D eigenvalue weighted by Crippen LogP contribution is -2.09. The highest BCUT2D eigenvalue weighted by Gasteiger charge is 2.23. The van der Waals surface area contributed by atoms with E-state index < -0.39 is 4.92 Å². The van der Waals surface area contributed by atoms with Crippen LogP contribution in [0.5, 0.6) is 0 Å². The maximum absolute atomic E-state index is 11.5. The topological polar surface area (TPSA) is 93.0 Å². The molecule has 2 aromatic rings. The summed E-state index contributed by atoms with van der Waals surface area (Å²) in [5.74, 6) is 0.444. The fraction of sp³-hybridized carbons (Fsp3) is 0.375. The van der Waals surface area contributed by atoms with E-state index >= 15 is 0 Å². The van der Waals surface area contributed by atoms with Gasteiger partial charge in [-0.25, -0.2) is 9.97 Å². The van der Waals surface area contributed by atoms with E-state index in [-0.39, 0.29) is 17.3 Å². The second-order valence-electron chi connectivity index (χ2n) is 5.09. The standard InChI is InChI=1S/C16H21N5O2/c1-3-5-10-17-15-14(21(22)23)16(19-11-18-15)20-13-9-7-6-8-12(13)4-2/h6-9,11H,3-5,10H2,1-2H3,(H2,17,18,19,20). The van der Waals surface area contributed by atoms with E-state index in [2.05, 4.69) is 27.5 Å². The number of benzene rings is 1. The Morgan fingerprint density at radius 2 is 1.91 bits per heavy atom. The van der Waals surface area contributed by atoms with Gasteiger partial charge in [-0.1, -0.05) is 38.5 Å². The lowest BCUT2D eigenvalue weighted by Gasteiger charge is -2.12.